The van der Waals surface area contributed by atoms with Crippen LogP contribution < -0.4 is 50.0 Å². The number of carbonyl (C=O) groups excluding carboxylic acids is 3. The second-order valence-corrected chi connectivity index (χ2v) is 14.6. The Bertz CT molecular complexity index is 1750. The predicted molar refractivity (Wildman–Crippen MR) is 191 cm³/mol. The van der Waals surface area contributed by atoms with E-state index in [2.05, 4.69) is 27.4 Å². The molecule has 2 aromatic heterocycles. The summed E-state index contributed by atoms with van der Waals surface area (Å²) in [4.78, 5) is 45.1. The monoisotopic (exact) mass is 733 g/mol. The van der Waals surface area contributed by atoms with Crippen LogP contribution in [0.3, 0.4) is 0 Å². The van der Waals surface area contributed by atoms with Crippen LogP contribution in [-0.2, 0) is 27.8 Å². The van der Waals surface area contributed by atoms with Crippen molar-refractivity contribution < 1.29 is 61.9 Å². The van der Waals surface area contributed by atoms with E-state index in [4.69, 9.17) is 5.73 Å². The zero-order valence-corrected chi connectivity index (χ0v) is 32.9. The number of primary amides is 1. The molecule has 2 amide bonds. The number of aromatic nitrogens is 2. The summed E-state index contributed by atoms with van der Waals surface area (Å²) in [6.45, 7) is -0.125. The van der Waals surface area contributed by atoms with E-state index in [0.717, 1.165) is 93.7 Å². The van der Waals surface area contributed by atoms with Crippen molar-refractivity contribution in [2.75, 3.05) is 17.6 Å². The van der Waals surface area contributed by atoms with Crippen LogP contribution in [0.1, 0.15) is 122 Å². The van der Waals surface area contributed by atoms with Gasteiger partial charge in [0.2, 0.25) is 15.9 Å². The van der Waals surface area contributed by atoms with Crippen LogP contribution in [0.5, 0.6) is 0 Å². The number of unbranched alkanes of at least 4 members (excludes halogenated alkanes) is 11. The second kappa shape index (κ2) is 22.5. The van der Waals surface area contributed by atoms with Crippen LogP contribution >= 0.6 is 0 Å². The zero-order valence-electron chi connectivity index (χ0n) is 30.1. The smallest absolute Gasteiger partial charge is 0.550 e. The van der Waals surface area contributed by atoms with Gasteiger partial charge in [-0.2, -0.15) is 0 Å². The third kappa shape index (κ3) is 14.6. The average molecular weight is 734 g/mol. The number of halogens is 1. The Hall–Kier alpha value is -3.39. The van der Waals surface area contributed by atoms with Crippen molar-refractivity contribution in [3.8, 4) is 0 Å². The first kappa shape index (κ1) is 43.8. The van der Waals surface area contributed by atoms with E-state index >= 15 is 0 Å². The number of allylic oxidation sites excluding steroid dienone is 2. The summed E-state index contributed by atoms with van der Waals surface area (Å²) >= 11 is 0. The number of nitrogens with zero attached hydrogens (tertiary/aromatic N) is 3. The topological polar surface area (TPSA) is 175 Å². The van der Waals surface area contributed by atoms with Crippen LogP contribution in [0.4, 0.5) is 10.2 Å². The Morgan fingerprint density at radius 2 is 1.55 bits per heavy atom. The molecule has 3 N–H and O–H groups in total. The first-order valence-electron chi connectivity index (χ1n) is 17.3. The second-order valence-electron chi connectivity index (χ2n) is 12.6. The van der Waals surface area contributed by atoms with Gasteiger partial charge in [0.15, 0.2) is 5.82 Å². The van der Waals surface area contributed by atoms with Gasteiger partial charge in [0, 0.05) is 42.3 Å². The molecule has 51 heavy (non-hydrogen) atoms. The molecule has 3 rings (SSSR count). The molecule has 0 saturated heterocycles. The maximum atomic E-state index is 13.8. The minimum atomic E-state index is -3.72. The van der Waals surface area contributed by atoms with Gasteiger partial charge in [0.1, 0.15) is 11.5 Å². The summed E-state index contributed by atoms with van der Waals surface area (Å²) in [5.41, 5.74) is 6.82. The van der Waals surface area contributed by atoms with Crippen LogP contribution in [0, 0.1) is 5.82 Å². The molecule has 272 valence electrons. The largest absolute Gasteiger partial charge is 1.00 e. The molecule has 0 unspecified atom stereocenters. The maximum absolute atomic E-state index is 13.8. The number of carbonyl (C=O) groups is 3. The number of hydrogen-bond acceptors (Lipinski definition) is 8. The summed E-state index contributed by atoms with van der Waals surface area (Å²) in [7, 11) is -2.35. The molecular weight excluding hydrogens is 684 g/mol. The average Bonchev–Trinajstić information content (AvgIpc) is 3.07. The van der Waals surface area contributed by atoms with Crippen LogP contribution in [0.25, 0.3) is 10.9 Å². The minimum Gasteiger partial charge on any atom is -0.550 e. The first-order chi connectivity index (χ1) is 23.9. The third-order valence-corrected chi connectivity index (χ3v) is 9.76. The Labute approximate surface area is 323 Å². The number of benzene rings is 1. The number of sulfonamides is 1. The number of rotatable bonds is 23. The minimum absolute atomic E-state index is 0. The normalized spacial score (nSPS) is 11.4. The number of pyridine rings is 2. The fourth-order valence-electron chi connectivity index (χ4n) is 5.75. The van der Waals surface area contributed by atoms with E-state index in [1.54, 1.807) is 18.3 Å². The van der Waals surface area contributed by atoms with Gasteiger partial charge < -0.3 is 21.0 Å². The van der Waals surface area contributed by atoms with Gasteiger partial charge in [-0.3, -0.25) is 18.9 Å². The molecule has 0 atom stereocenters. The van der Waals surface area contributed by atoms with E-state index in [0.29, 0.717) is 34.9 Å². The Balaban J connectivity index is 0.00000901. The van der Waals surface area contributed by atoms with Gasteiger partial charge >= 0.3 is 29.6 Å². The van der Waals surface area contributed by atoms with Gasteiger partial charge in [-0.1, -0.05) is 63.2 Å². The van der Waals surface area contributed by atoms with Crippen LogP contribution in [0.2, 0.25) is 0 Å². The van der Waals surface area contributed by atoms with Crippen LogP contribution in [0.15, 0.2) is 48.7 Å². The van der Waals surface area contributed by atoms with Crippen LogP contribution in [-0.4, -0.2) is 49.5 Å². The molecule has 1 aromatic carbocycles. The van der Waals surface area contributed by atoms with E-state index in [-0.39, 0.29) is 59.6 Å². The van der Waals surface area contributed by atoms with Crippen molar-refractivity contribution in [1.29, 1.82) is 0 Å². The molecule has 14 heteroatoms. The number of anilines is 1. The molecule has 0 spiro atoms. The van der Waals surface area contributed by atoms with Crippen molar-refractivity contribution >= 4 is 44.5 Å². The number of aliphatic carboxylic acids is 1. The van der Waals surface area contributed by atoms with Gasteiger partial charge in [-0.05, 0) is 81.2 Å². The van der Waals surface area contributed by atoms with Crippen molar-refractivity contribution in [2.45, 2.75) is 103 Å². The molecule has 0 aliphatic heterocycles. The fraction of sp³-hybridized carbons (Fsp3) is 0.486. The molecule has 0 bridgehead atoms. The van der Waals surface area contributed by atoms with Crippen molar-refractivity contribution in [3.05, 3.63) is 76.9 Å². The van der Waals surface area contributed by atoms with E-state index in [1.807, 2.05) is 0 Å². The summed E-state index contributed by atoms with van der Waals surface area (Å²) in [5.74, 6) is -2.94. The molecule has 3 aromatic rings. The predicted octanol–water partition coefficient (Wildman–Crippen LogP) is 2.51. The Morgan fingerprint density at radius 3 is 2.16 bits per heavy atom. The fourth-order valence-corrected chi connectivity index (χ4v) is 6.21. The number of nitrogens with two attached hydrogens (primary N) is 1. The van der Waals surface area contributed by atoms with Gasteiger partial charge in [-0.25, -0.2) is 17.8 Å². The number of carboxylic acids is 1. The summed E-state index contributed by atoms with van der Waals surface area (Å²) in [6, 6.07) is 6.98. The first-order valence-corrected chi connectivity index (χ1v) is 19.2. The number of hydrogen-bond donors (Lipinski definition) is 2. The molecule has 0 radical (unpaired) electrons. The maximum Gasteiger partial charge on any atom is 1.00 e. The molecule has 0 aliphatic carbocycles. The third-order valence-electron chi connectivity index (χ3n) is 8.59. The van der Waals surface area contributed by atoms with Gasteiger partial charge in [0.05, 0.1) is 11.8 Å². The molecular formula is C37H49FN5NaO6S. The van der Waals surface area contributed by atoms with E-state index in [9.17, 15) is 32.3 Å². The summed E-state index contributed by atoms with van der Waals surface area (Å²) < 4.78 is 39.8. The number of amides is 2. The molecule has 11 nitrogen and oxygen atoms in total. The number of nitrogens with one attached hydrogen (secondary N) is 1. The molecule has 0 fully saturated rings. The van der Waals surface area contributed by atoms with Gasteiger partial charge in [-0.15, -0.1) is 0 Å². The SMILES string of the molecule is CN(c1nc(C(=O)NCc2ccc(F)cc2C(N)=O)c(CCCCCCCC/C=C\CCCCCCCC(=O)[O-])c2ncccc12)S(C)(=O)=O.[Na+]. The zero-order chi connectivity index (χ0) is 36.5. The van der Waals surface area contributed by atoms with Gasteiger partial charge in [0.25, 0.3) is 5.91 Å². The van der Waals surface area contributed by atoms with E-state index < -0.39 is 33.6 Å². The molecule has 0 saturated carbocycles. The quantitative estimate of drug-likeness (QED) is 0.0850. The standard InChI is InChI=1S/C37H50FN5O6S.Na/c1-43(50(2,48)49)36-30-20-18-24-40-33(30)29(34(42-36)37(47)41-26-27-22-23-28(38)25-31(27)35(39)46)19-16-14-12-10-8-6-4-3-5-7-9-11-13-15-17-21-32(44)45;/h3,5,18,20,22-25H,4,6-17,19,21,26H2,1-2H3,(H2,39,46)(H,41,47)(H,44,45);/q;+1/p-1/b5-3-;. The number of aryl methyl sites for hydroxylation is 1. The summed E-state index contributed by atoms with van der Waals surface area (Å²) in [6.07, 6.45) is 20.8. The Morgan fingerprint density at radius 1 is 0.941 bits per heavy atom. The summed E-state index contributed by atoms with van der Waals surface area (Å²) in [5, 5.41) is 13.7. The molecule has 0 aliphatic rings. The van der Waals surface area contributed by atoms with Crippen molar-refractivity contribution in [1.82, 2.24) is 15.3 Å². The Kier molecular flexibility index (Phi) is 19.3. The van der Waals surface area contributed by atoms with Crippen molar-refractivity contribution in [3.63, 3.8) is 0 Å². The number of fused-ring (bicyclic) bond motifs is 1. The van der Waals surface area contributed by atoms with E-state index in [1.165, 1.54) is 19.2 Å². The molecule has 2 heterocycles. The van der Waals surface area contributed by atoms with Crippen molar-refractivity contribution in [2.24, 2.45) is 5.73 Å². The number of carboxylic acid groups (broad SMARTS) is 1.